The highest BCUT2D eigenvalue weighted by molar-refractivity contribution is 7.99. The predicted octanol–water partition coefficient (Wildman–Crippen LogP) is 2.84. The summed E-state index contributed by atoms with van der Waals surface area (Å²) in [6.07, 6.45) is 1.64. The van der Waals surface area contributed by atoms with E-state index in [1.54, 1.807) is 13.4 Å². The van der Waals surface area contributed by atoms with Crippen LogP contribution in [0.5, 0.6) is 5.75 Å². The van der Waals surface area contributed by atoms with Crippen LogP contribution in [0.2, 0.25) is 0 Å². The lowest BCUT2D eigenvalue weighted by Gasteiger charge is -2.06. The first-order valence-corrected chi connectivity index (χ1v) is 7.43. The van der Waals surface area contributed by atoms with Crippen LogP contribution < -0.4 is 10.1 Å². The molecule has 1 aromatic carbocycles. The number of rotatable bonds is 7. The van der Waals surface area contributed by atoms with Gasteiger partial charge in [0.05, 0.1) is 24.9 Å². The third kappa shape index (κ3) is 4.66. The van der Waals surface area contributed by atoms with Crippen molar-refractivity contribution < 1.29 is 13.9 Å². The van der Waals surface area contributed by atoms with Gasteiger partial charge in [0, 0.05) is 6.54 Å². The van der Waals surface area contributed by atoms with Crippen molar-refractivity contribution in [3.05, 3.63) is 54.0 Å². The Morgan fingerprint density at radius 1 is 1.35 bits per heavy atom. The Morgan fingerprint density at radius 3 is 3.00 bits per heavy atom. The minimum absolute atomic E-state index is 0.0179. The van der Waals surface area contributed by atoms with Gasteiger partial charge >= 0.3 is 0 Å². The molecule has 0 aliphatic carbocycles. The molecule has 0 fully saturated rings. The van der Waals surface area contributed by atoms with Gasteiger partial charge in [0.1, 0.15) is 11.5 Å². The van der Waals surface area contributed by atoms with E-state index in [0.717, 1.165) is 17.1 Å². The number of methoxy groups -OCH3 is 1. The van der Waals surface area contributed by atoms with E-state index in [4.69, 9.17) is 9.15 Å². The molecule has 1 N–H and O–H groups in total. The van der Waals surface area contributed by atoms with Crippen molar-refractivity contribution in [3.63, 3.8) is 0 Å². The van der Waals surface area contributed by atoms with E-state index >= 15 is 0 Å². The monoisotopic (exact) mass is 291 g/mol. The van der Waals surface area contributed by atoms with Crippen LogP contribution in [0.1, 0.15) is 11.3 Å². The molecule has 2 aromatic rings. The van der Waals surface area contributed by atoms with Crippen LogP contribution in [0.25, 0.3) is 0 Å². The van der Waals surface area contributed by atoms with Crippen LogP contribution >= 0.6 is 11.8 Å². The smallest absolute Gasteiger partial charge is 0.230 e. The molecule has 0 radical (unpaired) electrons. The molecule has 2 rings (SSSR count). The summed E-state index contributed by atoms with van der Waals surface area (Å²) in [6, 6.07) is 11.4. The highest BCUT2D eigenvalue weighted by atomic mass is 32.2. The van der Waals surface area contributed by atoms with Gasteiger partial charge in [-0.25, -0.2) is 0 Å². The largest absolute Gasteiger partial charge is 0.497 e. The third-order valence-electron chi connectivity index (χ3n) is 2.68. The second-order valence-corrected chi connectivity index (χ2v) is 5.19. The topological polar surface area (TPSA) is 51.5 Å². The normalized spacial score (nSPS) is 10.2. The molecule has 0 aliphatic rings. The maximum Gasteiger partial charge on any atom is 0.230 e. The van der Waals surface area contributed by atoms with Gasteiger partial charge in [0.25, 0.3) is 0 Å². The van der Waals surface area contributed by atoms with E-state index < -0.39 is 0 Å². The molecular weight excluding hydrogens is 274 g/mol. The molecule has 0 bridgehead atoms. The van der Waals surface area contributed by atoms with Crippen molar-refractivity contribution in [3.8, 4) is 5.75 Å². The molecule has 1 heterocycles. The molecule has 0 spiro atoms. The van der Waals surface area contributed by atoms with Crippen LogP contribution in [-0.4, -0.2) is 18.8 Å². The summed E-state index contributed by atoms with van der Waals surface area (Å²) in [5.74, 6) is 2.83. The summed E-state index contributed by atoms with van der Waals surface area (Å²) in [5, 5.41) is 2.88. The Labute approximate surface area is 122 Å². The SMILES string of the molecule is COc1cccc(CNC(=O)CSCc2ccco2)c1. The summed E-state index contributed by atoms with van der Waals surface area (Å²) in [7, 11) is 1.63. The van der Waals surface area contributed by atoms with Crippen molar-refractivity contribution in [2.24, 2.45) is 0 Å². The van der Waals surface area contributed by atoms with E-state index in [1.165, 1.54) is 11.8 Å². The lowest BCUT2D eigenvalue weighted by Crippen LogP contribution is -2.24. The van der Waals surface area contributed by atoms with E-state index in [0.29, 0.717) is 18.1 Å². The Morgan fingerprint density at radius 2 is 2.25 bits per heavy atom. The van der Waals surface area contributed by atoms with E-state index in [-0.39, 0.29) is 5.91 Å². The molecule has 5 heteroatoms. The van der Waals surface area contributed by atoms with Crippen LogP contribution in [0, 0.1) is 0 Å². The summed E-state index contributed by atoms with van der Waals surface area (Å²) in [5.41, 5.74) is 1.02. The number of nitrogens with one attached hydrogen (secondary N) is 1. The minimum Gasteiger partial charge on any atom is -0.497 e. The van der Waals surface area contributed by atoms with Crippen LogP contribution in [0.3, 0.4) is 0 Å². The Kier molecular flexibility index (Phi) is 5.55. The number of hydrogen-bond donors (Lipinski definition) is 1. The van der Waals surface area contributed by atoms with Gasteiger partial charge in [-0.2, -0.15) is 0 Å². The van der Waals surface area contributed by atoms with Crippen molar-refractivity contribution in [2.45, 2.75) is 12.3 Å². The second-order valence-electron chi connectivity index (χ2n) is 4.20. The van der Waals surface area contributed by atoms with Gasteiger partial charge in [0.2, 0.25) is 5.91 Å². The van der Waals surface area contributed by atoms with Gasteiger partial charge in [-0.3, -0.25) is 4.79 Å². The van der Waals surface area contributed by atoms with Gasteiger partial charge in [-0.05, 0) is 29.8 Å². The zero-order valence-corrected chi connectivity index (χ0v) is 12.1. The van der Waals surface area contributed by atoms with E-state index in [2.05, 4.69) is 5.32 Å². The fourth-order valence-electron chi connectivity index (χ4n) is 1.67. The van der Waals surface area contributed by atoms with Gasteiger partial charge < -0.3 is 14.5 Å². The Hall–Kier alpha value is -1.88. The van der Waals surface area contributed by atoms with Gasteiger partial charge in [0.15, 0.2) is 0 Å². The number of furan rings is 1. The van der Waals surface area contributed by atoms with Crippen molar-refractivity contribution >= 4 is 17.7 Å². The number of carbonyl (C=O) groups is 1. The number of benzene rings is 1. The van der Waals surface area contributed by atoms with Crippen molar-refractivity contribution in [1.82, 2.24) is 5.32 Å². The second kappa shape index (κ2) is 7.65. The lowest BCUT2D eigenvalue weighted by atomic mass is 10.2. The first-order chi connectivity index (χ1) is 9.78. The molecule has 4 nitrogen and oxygen atoms in total. The zero-order valence-electron chi connectivity index (χ0n) is 11.3. The number of ether oxygens (including phenoxy) is 1. The quantitative estimate of drug-likeness (QED) is 0.852. The number of thioether (sulfide) groups is 1. The molecule has 0 unspecified atom stereocenters. The van der Waals surface area contributed by atoms with Crippen LogP contribution in [0.4, 0.5) is 0 Å². The van der Waals surface area contributed by atoms with E-state index in [9.17, 15) is 4.79 Å². The summed E-state index contributed by atoms with van der Waals surface area (Å²) >= 11 is 1.53. The maximum absolute atomic E-state index is 11.7. The third-order valence-corrected chi connectivity index (χ3v) is 3.64. The molecular formula is C15H17NO3S. The molecule has 0 saturated heterocycles. The average Bonchev–Trinajstić information content (AvgIpc) is 2.98. The minimum atomic E-state index is 0.0179. The van der Waals surface area contributed by atoms with Crippen molar-refractivity contribution in [2.75, 3.05) is 12.9 Å². The maximum atomic E-state index is 11.7. The fraction of sp³-hybridized carbons (Fsp3) is 0.267. The van der Waals surface area contributed by atoms with Crippen LogP contribution in [0.15, 0.2) is 47.1 Å². The van der Waals surface area contributed by atoms with E-state index in [1.807, 2.05) is 36.4 Å². The first kappa shape index (κ1) is 14.5. The van der Waals surface area contributed by atoms with Crippen LogP contribution in [-0.2, 0) is 17.1 Å². The highest BCUT2D eigenvalue weighted by Crippen LogP contribution is 2.13. The average molecular weight is 291 g/mol. The number of carbonyl (C=O) groups excluding carboxylic acids is 1. The molecule has 0 saturated carbocycles. The molecule has 20 heavy (non-hydrogen) atoms. The molecule has 1 aromatic heterocycles. The fourth-order valence-corrected chi connectivity index (χ4v) is 2.43. The zero-order chi connectivity index (χ0) is 14.2. The predicted molar refractivity (Wildman–Crippen MR) is 79.7 cm³/mol. The van der Waals surface area contributed by atoms with Gasteiger partial charge in [-0.1, -0.05) is 12.1 Å². The van der Waals surface area contributed by atoms with Crippen molar-refractivity contribution in [1.29, 1.82) is 0 Å². The number of hydrogen-bond acceptors (Lipinski definition) is 4. The summed E-state index contributed by atoms with van der Waals surface area (Å²) < 4.78 is 10.3. The Balaban J connectivity index is 1.69. The standard InChI is InChI=1S/C15H17NO3S/c1-18-13-5-2-4-12(8-13)9-16-15(17)11-20-10-14-6-3-7-19-14/h2-8H,9-11H2,1H3,(H,16,17). The number of amides is 1. The molecule has 0 atom stereocenters. The molecule has 0 aliphatic heterocycles. The summed E-state index contributed by atoms with van der Waals surface area (Å²) in [4.78, 5) is 11.7. The first-order valence-electron chi connectivity index (χ1n) is 6.27. The Bertz CT molecular complexity index is 540. The van der Waals surface area contributed by atoms with Gasteiger partial charge in [-0.15, -0.1) is 11.8 Å². The lowest BCUT2D eigenvalue weighted by molar-refractivity contribution is -0.118. The molecule has 1 amide bonds. The molecule has 106 valence electrons. The summed E-state index contributed by atoms with van der Waals surface area (Å²) in [6.45, 7) is 0.511. The highest BCUT2D eigenvalue weighted by Gasteiger charge is 2.03.